The fourth-order valence-electron chi connectivity index (χ4n) is 2.99. The van der Waals surface area contributed by atoms with Gasteiger partial charge in [-0.15, -0.1) is 0 Å². The highest BCUT2D eigenvalue weighted by Crippen LogP contribution is 2.34. The first-order chi connectivity index (χ1) is 15.0. The van der Waals surface area contributed by atoms with Gasteiger partial charge in [-0.05, 0) is 38.0 Å². The second-order valence-electron chi connectivity index (χ2n) is 6.47. The van der Waals surface area contributed by atoms with Crippen LogP contribution in [0.4, 0.5) is 5.69 Å². The van der Waals surface area contributed by atoms with E-state index in [1.54, 1.807) is 6.92 Å². The normalized spacial score (nSPS) is 11.0. The maximum atomic E-state index is 11.5. The summed E-state index contributed by atoms with van der Waals surface area (Å²) in [6.07, 6.45) is 2.87. The second kappa shape index (κ2) is 10.5. The van der Waals surface area contributed by atoms with Crippen LogP contribution in [0.25, 0.3) is 0 Å². The van der Waals surface area contributed by atoms with E-state index < -0.39 is 4.92 Å². The van der Waals surface area contributed by atoms with Crippen LogP contribution in [-0.2, 0) is 12.8 Å². The zero-order valence-corrected chi connectivity index (χ0v) is 18.1. The van der Waals surface area contributed by atoms with Gasteiger partial charge in [0.15, 0.2) is 5.82 Å². The molecule has 2 aromatic carbocycles. The van der Waals surface area contributed by atoms with E-state index in [-0.39, 0.29) is 11.4 Å². The number of benzene rings is 2. The van der Waals surface area contributed by atoms with Gasteiger partial charge in [0.25, 0.3) is 0 Å². The molecule has 31 heavy (non-hydrogen) atoms. The van der Waals surface area contributed by atoms with E-state index in [0.717, 1.165) is 6.42 Å². The Morgan fingerprint density at radius 2 is 1.87 bits per heavy atom. The molecule has 0 aliphatic heterocycles. The lowest BCUT2D eigenvalue weighted by molar-refractivity contribution is -0.385. The molecule has 0 saturated carbocycles. The summed E-state index contributed by atoms with van der Waals surface area (Å²) < 4.78 is 12.9. The summed E-state index contributed by atoms with van der Waals surface area (Å²) >= 11 is 5.30. The Bertz CT molecular complexity index is 1120. The monoisotopic (exact) mass is 441 g/mol. The predicted molar refractivity (Wildman–Crippen MR) is 120 cm³/mol. The number of nitrogens with one attached hydrogen (secondary N) is 1. The number of hydrogen-bond donors (Lipinski definition) is 1. The molecule has 3 rings (SSSR count). The molecular formula is C21H23N5O4S. The minimum Gasteiger partial charge on any atom is -0.493 e. The first-order valence-corrected chi connectivity index (χ1v) is 10.3. The van der Waals surface area contributed by atoms with E-state index in [0.29, 0.717) is 41.5 Å². The first-order valence-electron chi connectivity index (χ1n) is 9.86. The van der Waals surface area contributed by atoms with Crippen molar-refractivity contribution in [1.29, 1.82) is 0 Å². The van der Waals surface area contributed by atoms with E-state index in [1.165, 1.54) is 28.6 Å². The minimum absolute atomic E-state index is 0.150. The van der Waals surface area contributed by atoms with E-state index in [9.17, 15) is 10.1 Å². The van der Waals surface area contributed by atoms with Gasteiger partial charge >= 0.3 is 5.69 Å². The molecule has 0 saturated heterocycles. The van der Waals surface area contributed by atoms with Gasteiger partial charge in [-0.25, -0.2) is 0 Å². The number of aryl methyl sites for hydroxylation is 2. The lowest BCUT2D eigenvalue weighted by Crippen LogP contribution is -2.04. The molecule has 0 aliphatic carbocycles. The van der Waals surface area contributed by atoms with E-state index in [2.05, 4.69) is 15.3 Å². The average Bonchev–Trinajstić information content (AvgIpc) is 3.12. The molecule has 0 spiro atoms. The number of nitrogens with zero attached hydrogens (tertiary/aromatic N) is 4. The van der Waals surface area contributed by atoms with Gasteiger partial charge in [-0.3, -0.25) is 15.2 Å². The molecule has 1 aromatic heterocycles. The first kappa shape index (κ1) is 22.2. The summed E-state index contributed by atoms with van der Waals surface area (Å²) in [6, 6.07) is 12.9. The summed E-state index contributed by atoms with van der Waals surface area (Å²) in [6.45, 7) is 4.28. The van der Waals surface area contributed by atoms with Gasteiger partial charge in [-0.2, -0.15) is 14.9 Å². The average molecular weight is 442 g/mol. The lowest BCUT2D eigenvalue weighted by Gasteiger charge is -2.11. The van der Waals surface area contributed by atoms with Gasteiger partial charge in [0.05, 0.1) is 24.4 Å². The molecule has 0 atom stereocenters. The molecule has 1 N–H and O–H groups in total. The standard InChI is InChI=1S/C21H23N5O4S/c1-3-29-18-13-19(30-4-2)17(26(27)28)12-16(18)14-22-25-20(23-24-21(25)31)11-10-15-8-6-5-7-9-15/h5-9,12-14H,3-4,10-11H2,1-2H3,(H,24,31)/b22-14-. The Kier molecular flexibility index (Phi) is 7.50. The van der Waals surface area contributed by atoms with E-state index in [1.807, 2.05) is 37.3 Å². The molecular weight excluding hydrogens is 418 g/mol. The number of aromatic amines is 1. The van der Waals surface area contributed by atoms with Gasteiger partial charge in [0.2, 0.25) is 10.5 Å². The van der Waals surface area contributed by atoms with Crippen molar-refractivity contribution in [3.05, 3.63) is 74.3 Å². The zero-order valence-electron chi connectivity index (χ0n) is 17.3. The van der Waals surface area contributed by atoms with Crippen molar-refractivity contribution in [2.24, 2.45) is 5.10 Å². The smallest absolute Gasteiger partial charge is 0.311 e. The van der Waals surface area contributed by atoms with Crippen molar-refractivity contribution in [2.45, 2.75) is 26.7 Å². The highest BCUT2D eigenvalue weighted by Gasteiger charge is 2.20. The lowest BCUT2D eigenvalue weighted by atomic mass is 10.1. The van der Waals surface area contributed by atoms with Crippen LogP contribution in [0.15, 0.2) is 47.6 Å². The van der Waals surface area contributed by atoms with Gasteiger partial charge in [0, 0.05) is 24.1 Å². The molecule has 0 bridgehead atoms. The van der Waals surface area contributed by atoms with Gasteiger partial charge in [-0.1, -0.05) is 30.3 Å². The minimum atomic E-state index is -0.493. The third kappa shape index (κ3) is 5.54. The third-order valence-electron chi connectivity index (χ3n) is 4.40. The Morgan fingerprint density at radius 1 is 1.16 bits per heavy atom. The van der Waals surface area contributed by atoms with Crippen LogP contribution < -0.4 is 9.47 Å². The highest BCUT2D eigenvalue weighted by atomic mass is 32.1. The van der Waals surface area contributed by atoms with Crippen LogP contribution >= 0.6 is 12.2 Å². The molecule has 162 valence electrons. The Labute approximate surface area is 184 Å². The van der Waals surface area contributed by atoms with Crippen molar-refractivity contribution in [3.8, 4) is 11.5 Å². The van der Waals surface area contributed by atoms with E-state index >= 15 is 0 Å². The Morgan fingerprint density at radius 3 is 2.55 bits per heavy atom. The zero-order chi connectivity index (χ0) is 22.2. The van der Waals surface area contributed by atoms with Crippen LogP contribution in [0.2, 0.25) is 0 Å². The number of aromatic nitrogens is 3. The highest BCUT2D eigenvalue weighted by molar-refractivity contribution is 7.71. The maximum absolute atomic E-state index is 11.5. The molecule has 10 heteroatoms. The second-order valence-corrected chi connectivity index (χ2v) is 6.85. The summed E-state index contributed by atoms with van der Waals surface area (Å²) in [7, 11) is 0. The molecule has 9 nitrogen and oxygen atoms in total. The van der Waals surface area contributed by atoms with E-state index in [4.69, 9.17) is 21.7 Å². The SMILES string of the molecule is CCOc1cc(OCC)c([N+](=O)[O-])cc1/C=N\n1c(CCc2ccccc2)n[nH]c1=S. The molecule has 0 amide bonds. The quantitative estimate of drug-likeness (QED) is 0.217. The van der Waals surface area contributed by atoms with Crippen LogP contribution in [-0.4, -0.2) is 39.2 Å². The number of nitro groups is 1. The molecule has 0 aliphatic rings. The Hall–Kier alpha value is -3.53. The van der Waals surface area contributed by atoms with Crippen LogP contribution in [0.5, 0.6) is 11.5 Å². The molecule has 3 aromatic rings. The molecule has 1 heterocycles. The third-order valence-corrected chi connectivity index (χ3v) is 4.66. The summed E-state index contributed by atoms with van der Waals surface area (Å²) in [5.41, 5.74) is 1.45. The van der Waals surface area contributed by atoms with Crippen molar-refractivity contribution in [1.82, 2.24) is 14.9 Å². The summed E-state index contributed by atoms with van der Waals surface area (Å²) in [5.74, 6) is 1.24. The Balaban J connectivity index is 1.92. The van der Waals surface area contributed by atoms with Gasteiger partial charge < -0.3 is 9.47 Å². The topological polar surface area (TPSA) is 108 Å². The van der Waals surface area contributed by atoms with Crippen LogP contribution in [0.1, 0.15) is 30.8 Å². The van der Waals surface area contributed by atoms with Crippen molar-refractivity contribution >= 4 is 24.1 Å². The summed E-state index contributed by atoms with van der Waals surface area (Å²) in [4.78, 5) is 11.0. The summed E-state index contributed by atoms with van der Waals surface area (Å²) in [5, 5.41) is 22.9. The number of hydrogen-bond acceptors (Lipinski definition) is 7. The van der Waals surface area contributed by atoms with Crippen molar-refractivity contribution in [2.75, 3.05) is 13.2 Å². The number of ether oxygens (including phenoxy) is 2. The molecule has 0 radical (unpaired) electrons. The predicted octanol–water partition coefficient (Wildman–Crippen LogP) is 4.31. The van der Waals surface area contributed by atoms with Crippen LogP contribution in [0, 0.1) is 14.9 Å². The number of nitro benzene ring substituents is 1. The molecule has 0 fully saturated rings. The van der Waals surface area contributed by atoms with Crippen molar-refractivity contribution < 1.29 is 14.4 Å². The van der Waals surface area contributed by atoms with Crippen molar-refractivity contribution in [3.63, 3.8) is 0 Å². The van der Waals surface area contributed by atoms with Crippen LogP contribution in [0.3, 0.4) is 0 Å². The number of rotatable bonds is 10. The fraction of sp³-hybridized carbons (Fsp3) is 0.286. The largest absolute Gasteiger partial charge is 0.493 e. The fourth-order valence-corrected chi connectivity index (χ4v) is 3.19. The van der Waals surface area contributed by atoms with Gasteiger partial charge in [0.1, 0.15) is 5.75 Å². The maximum Gasteiger partial charge on any atom is 0.311 e. The molecule has 0 unspecified atom stereocenters. The number of H-pyrrole nitrogens is 1.